The summed E-state index contributed by atoms with van der Waals surface area (Å²) in [5.41, 5.74) is 2.76. The molecule has 30 heavy (non-hydrogen) atoms. The van der Waals surface area contributed by atoms with E-state index in [1.54, 1.807) is 24.3 Å². The Hall–Kier alpha value is -3.64. The second-order valence-electron chi connectivity index (χ2n) is 6.53. The van der Waals surface area contributed by atoms with Crippen LogP contribution in [0.2, 0.25) is 5.15 Å². The topological polar surface area (TPSA) is 88.5 Å². The first-order chi connectivity index (χ1) is 14.4. The zero-order valence-electron chi connectivity index (χ0n) is 16.1. The van der Waals surface area contributed by atoms with Crippen molar-refractivity contribution in [2.45, 2.75) is 13.5 Å². The highest BCUT2D eigenvalue weighted by Gasteiger charge is 2.14. The van der Waals surface area contributed by atoms with Crippen LogP contribution in [0.4, 0.5) is 0 Å². The minimum absolute atomic E-state index is 0.200. The summed E-state index contributed by atoms with van der Waals surface area (Å²) in [6.45, 7) is 2.45. The molecule has 2 N–H and O–H groups in total. The summed E-state index contributed by atoms with van der Waals surface area (Å²) < 4.78 is 5.76. The lowest BCUT2D eigenvalue weighted by Crippen LogP contribution is -2.27. The van der Waals surface area contributed by atoms with Crippen molar-refractivity contribution in [1.29, 1.82) is 0 Å². The molecule has 3 aromatic rings. The largest absolute Gasteiger partial charge is 0.489 e. The smallest absolute Gasteiger partial charge is 0.352 e. The standard InChI is InChI=1S/C23H19ClN2O4/c1-15-3-2-4-17(11-15)14-30-19-8-5-16(6-9-19)12-20(23(28)29)26-22(27)18-7-10-21(24)25-13-18/h2-13H,14H2,1H3,(H,26,27)(H,28,29)/b20-12-. The van der Waals surface area contributed by atoms with E-state index < -0.39 is 11.9 Å². The van der Waals surface area contributed by atoms with Crippen LogP contribution in [0.15, 0.2) is 72.6 Å². The lowest BCUT2D eigenvalue weighted by atomic mass is 10.1. The fraction of sp³-hybridized carbons (Fsp3) is 0.0870. The number of nitrogens with one attached hydrogen (secondary N) is 1. The van der Waals surface area contributed by atoms with Crippen molar-refractivity contribution in [3.63, 3.8) is 0 Å². The maximum Gasteiger partial charge on any atom is 0.352 e. The molecular weight excluding hydrogens is 404 g/mol. The van der Waals surface area contributed by atoms with E-state index in [4.69, 9.17) is 16.3 Å². The Balaban J connectivity index is 1.67. The van der Waals surface area contributed by atoms with Gasteiger partial charge in [0.05, 0.1) is 5.56 Å². The van der Waals surface area contributed by atoms with Gasteiger partial charge in [0, 0.05) is 6.20 Å². The first-order valence-electron chi connectivity index (χ1n) is 9.07. The quantitative estimate of drug-likeness (QED) is 0.433. The van der Waals surface area contributed by atoms with Crippen LogP contribution in [-0.4, -0.2) is 22.0 Å². The molecule has 0 aliphatic carbocycles. The van der Waals surface area contributed by atoms with Gasteiger partial charge in [-0.2, -0.15) is 0 Å². The van der Waals surface area contributed by atoms with E-state index >= 15 is 0 Å². The van der Waals surface area contributed by atoms with E-state index in [0.717, 1.165) is 11.1 Å². The highest BCUT2D eigenvalue weighted by Crippen LogP contribution is 2.17. The molecule has 0 fully saturated rings. The van der Waals surface area contributed by atoms with Gasteiger partial charge in [0.2, 0.25) is 0 Å². The first kappa shape index (κ1) is 21.1. The van der Waals surface area contributed by atoms with Gasteiger partial charge in [-0.1, -0.05) is 53.6 Å². The average molecular weight is 423 g/mol. The number of amides is 1. The lowest BCUT2D eigenvalue weighted by molar-refractivity contribution is -0.132. The van der Waals surface area contributed by atoms with Gasteiger partial charge in [-0.05, 0) is 48.4 Å². The number of nitrogens with zero attached hydrogens (tertiary/aromatic N) is 1. The number of aliphatic carboxylic acids is 1. The van der Waals surface area contributed by atoms with E-state index in [2.05, 4.69) is 16.4 Å². The highest BCUT2D eigenvalue weighted by atomic mass is 35.5. The Morgan fingerprint density at radius 1 is 1.13 bits per heavy atom. The predicted molar refractivity (Wildman–Crippen MR) is 114 cm³/mol. The van der Waals surface area contributed by atoms with E-state index in [1.807, 2.05) is 25.1 Å². The van der Waals surface area contributed by atoms with E-state index in [-0.39, 0.29) is 16.4 Å². The lowest BCUT2D eigenvalue weighted by Gasteiger charge is -2.08. The molecule has 0 aliphatic rings. The van der Waals surface area contributed by atoms with Crippen LogP contribution in [0.3, 0.4) is 0 Å². The molecule has 0 spiro atoms. The molecule has 0 aliphatic heterocycles. The predicted octanol–water partition coefficient (Wildman–Crippen LogP) is 4.48. The molecule has 3 rings (SSSR count). The van der Waals surface area contributed by atoms with Crippen molar-refractivity contribution < 1.29 is 19.4 Å². The summed E-state index contributed by atoms with van der Waals surface area (Å²) in [6.07, 6.45) is 2.64. The maximum absolute atomic E-state index is 12.2. The number of rotatable bonds is 7. The summed E-state index contributed by atoms with van der Waals surface area (Å²) >= 11 is 5.70. The number of aromatic nitrogens is 1. The van der Waals surface area contributed by atoms with Crippen LogP contribution in [-0.2, 0) is 11.4 Å². The number of carboxylic acids is 1. The van der Waals surface area contributed by atoms with Crippen molar-refractivity contribution in [2.24, 2.45) is 0 Å². The Bertz CT molecular complexity index is 1080. The van der Waals surface area contributed by atoms with Gasteiger partial charge in [-0.15, -0.1) is 0 Å². The minimum Gasteiger partial charge on any atom is -0.489 e. The second kappa shape index (κ2) is 9.71. The van der Waals surface area contributed by atoms with Crippen molar-refractivity contribution in [3.8, 4) is 5.75 Å². The minimum atomic E-state index is -1.26. The Kier molecular flexibility index (Phi) is 6.83. The summed E-state index contributed by atoms with van der Waals surface area (Å²) in [4.78, 5) is 27.6. The molecule has 0 bridgehead atoms. The van der Waals surface area contributed by atoms with Crippen molar-refractivity contribution in [2.75, 3.05) is 0 Å². The third-order valence-electron chi connectivity index (χ3n) is 4.15. The second-order valence-corrected chi connectivity index (χ2v) is 6.92. The summed E-state index contributed by atoms with van der Waals surface area (Å²) in [5, 5.41) is 12.0. The van der Waals surface area contributed by atoms with Crippen LogP contribution in [0, 0.1) is 6.92 Å². The Morgan fingerprint density at radius 2 is 1.90 bits per heavy atom. The van der Waals surface area contributed by atoms with Gasteiger partial charge in [-0.25, -0.2) is 9.78 Å². The molecule has 0 saturated carbocycles. The third-order valence-corrected chi connectivity index (χ3v) is 4.37. The number of hydrogen-bond acceptors (Lipinski definition) is 4. The van der Waals surface area contributed by atoms with Crippen LogP contribution in [0.1, 0.15) is 27.0 Å². The van der Waals surface area contributed by atoms with Crippen molar-refractivity contribution in [1.82, 2.24) is 10.3 Å². The maximum atomic E-state index is 12.2. The fourth-order valence-corrected chi connectivity index (χ4v) is 2.76. The van der Waals surface area contributed by atoms with Crippen LogP contribution in [0.5, 0.6) is 5.75 Å². The number of ether oxygens (including phenoxy) is 1. The van der Waals surface area contributed by atoms with Crippen LogP contribution >= 0.6 is 11.6 Å². The molecule has 1 aromatic heterocycles. The average Bonchev–Trinajstić information content (AvgIpc) is 2.73. The van der Waals surface area contributed by atoms with Gasteiger partial charge in [0.25, 0.3) is 5.91 Å². The summed E-state index contributed by atoms with van der Waals surface area (Å²) in [6, 6.07) is 17.9. The van der Waals surface area contributed by atoms with Gasteiger partial charge in [0.1, 0.15) is 23.2 Å². The molecule has 1 heterocycles. The van der Waals surface area contributed by atoms with Gasteiger partial charge < -0.3 is 15.2 Å². The Morgan fingerprint density at radius 3 is 2.53 bits per heavy atom. The molecule has 0 saturated heterocycles. The summed E-state index contributed by atoms with van der Waals surface area (Å²) in [7, 11) is 0. The number of carboxylic acid groups (broad SMARTS) is 1. The molecular formula is C23H19ClN2O4. The SMILES string of the molecule is Cc1cccc(COc2ccc(/C=C(\NC(=O)c3ccc(Cl)nc3)C(=O)O)cc2)c1. The van der Waals surface area contributed by atoms with Crippen molar-refractivity contribution in [3.05, 3.63) is 100.0 Å². The molecule has 0 radical (unpaired) electrons. The zero-order valence-corrected chi connectivity index (χ0v) is 16.9. The number of pyridine rings is 1. The number of carbonyl (C=O) groups is 2. The number of hydrogen-bond donors (Lipinski definition) is 2. The molecule has 152 valence electrons. The summed E-state index contributed by atoms with van der Waals surface area (Å²) in [5.74, 6) is -1.20. The number of carbonyl (C=O) groups excluding carboxylic acids is 1. The first-order valence-corrected chi connectivity index (χ1v) is 9.45. The Labute approximate surface area is 178 Å². The zero-order chi connectivity index (χ0) is 21.5. The number of halogens is 1. The van der Waals surface area contributed by atoms with E-state index in [0.29, 0.717) is 17.9 Å². The van der Waals surface area contributed by atoms with Crippen LogP contribution < -0.4 is 10.1 Å². The van der Waals surface area contributed by atoms with Crippen LogP contribution in [0.25, 0.3) is 6.08 Å². The number of aryl methyl sites for hydroxylation is 1. The van der Waals surface area contributed by atoms with Crippen molar-refractivity contribution >= 4 is 29.6 Å². The molecule has 0 unspecified atom stereocenters. The normalized spacial score (nSPS) is 11.1. The van der Waals surface area contributed by atoms with Gasteiger partial charge >= 0.3 is 5.97 Å². The van der Waals surface area contributed by atoms with Gasteiger partial charge in [0.15, 0.2) is 0 Å². The molecule has 2 aromatic carbocycles. The third kappa shape index (κ3) is 5.93. The van der Waals surface area contributed by atoms with E-state index in [1.165, 1.54) is 24.4 Å². The molecule has 6 nitrogen and oxygen atoms in total. The molecule has 1 amide bonds. The number of benzene rings is 2. The fourth-order valence-electron chi connectivity index (χ4n) is 2.65. The molecule has 0 atom stereocenters. The van der Waals surface area contributed by atoms with E-state index in [9.17, 15) is 14.7 Å². The highest BCUT2D eigenvalue weighted by molar-refractivity contribution is 6.29. The monoisotopic (exact) mass is 422 g/mol. The van der Waals surface area contributed by atoms with Gasteiger partial charge in [-0.3, -0.25) is 4.79 Å². The molecule has 7 heteroatoms.